The number of carbonyl (C=O) groups excluding carboxylic acids is 2. The molecule has 1 aliphatic rings. The molecule has 0 radical (unpaired) electrons. The van der Waals surface area contributed by atoms with Gasteiger partial charge < -0.3 is 21.1 Å². The minimum absolute atomic E-state index is 0.0363. The Kier molecular flexibility index (Phi) is 7.75. The molecule has 1 aliphatic carbocycles. The molecule has 2 heterocycles. The van der Waals surface area contributed by atoms with Gasteiger partial charge in [-0.2, -0.15) is 5.10 Å². The highest BCUT2D eigenvalue weighted by atomic mass is 32.1. The highest BCUT2D eigenvalue weighted by molar-refractivity contribution is 7.17. The second-order valence-electron chi connectivity index (χ2n) is 9.26. The van der Waals surface area contributed by atoms with E-state index in [9.17, 15) is 9.59 Å². The number of nitrogens with zero attached hydrogens (tertiary/aromatic N) is 2. The van der Waals surface area contributed by atoms with Gasteiger partial charge in [0.2, 0.25) is 5.91 Å². The van der Waals surface area contributed by atoms with Crippen molar-refractivity contribution in [3.05, 3.63) is 64.3 Å². The van der Waals surface area contributed by atoms with Crippen LogP contribution in [-0.2, 0) is 29.4 Å². The molecule has 0 saturated carbocycles. The zero-order valence-electron chi connectivity index (χ0n) is 20.4. The van der Waals surface area contributed by atoms with E-state index in [-0.39, 0.29) is 23.8 Å². The van der Waals surface area contributed by atoms with Crippen LogP contribution in [0.2, 0.25) is 0 Å². The van der Waals surface area contributed by atoms with Crippen molar-refractivity contribution in [1.29, 1.82) is 0 Å². The normalized spacial score (nSPS) is 16.7. The Morgan fingerprint density at radius 1 is 1.26 bits per heavy atom. The molecular formula is C26H33N5O3S. The third kappa shape index (κ3) is 6.03. The summed E-state index contributed by atoms with van der Waals surface area (Å²) in [5, 5.41) is 10.7. The van der Waals surface area contributed by atoms with Crippen molar-refractivity contribution in [2.75, 3.05) is 17.7 Å². The van der Waals surface area contributed by atoms with E-state index in [1.807, 2.05) is 50.4 Å². The van der Waals surface area contributed by atoms with Crippen molar-refractivity contribution in [3.8, 4) is 0 Å². The van der Waals surface area contributed by atoms with Crippen molar-refractivity contribution < 1.29 is 14.3 Å². The van der Waals surface area contributed by atoms with Gasteiger partial charge >= 0.3 is 6.09 Å². The zero-order valence-corrected chi connectivity index (χ0v) is 21.2. The third-order valence-electron chi connectivity index (χ3n) is 6.61. The van der Waals surface area contributed by atoms with Crippen LogP contribution in [0.15, 0.2) is 42.6 Å². The number of nitrogens with two attached hydrogens (primary N) is 1. The summed E-state index contributed by atoms with van der Waals surface area (Å²) < 4.78 is 7.25. The number of rotatable bonds is 8. The summed E-state index contributed by atoms with van der Waals surface area (Å²) in [4.78, 5) is 26.1. The molecule has 4 rings (SSSR count). The third-order valence-corrected chi connectivity index (χ3v) is 7.79. The lowest BCUT2D eigenvalue weighted by Crippen LogP contribution is -2.31. The lowest BCUT2D eigenvalue weighted by molar-refractivity contribution is -0.116. The number of ether oxygens (including phenoxy) is 1. The quantitative estimate of drug-likeness (QED) is 0.416. The molecule has 0 fully saturated rings. The Hall–Kier alpha value is -3.33. The van der Waals surface area contributed by atoms with Crippen LogP contribution in [0.4, 0.5) is 15.5 Å². The van der Waals surface area contributed by atoms with Gasteiger partial charge in [0.15, 0.2) is 0 Å². The van der Waals surface area contributed by atoms with Crippen molar-refractivity contribution in [2.24, 2.45) is 13.0 Å². The van der Waals surface area contributed by atoms with E-state index >= 15 is 0 Å². The number of aromatic nitrogens is 2. The number of fused-ring (bicyclic) bond motifs is 1. The molecule has 4 N–H and O–H groups in total. The lowest BCUT2D eigenvalue weighted by atomic mass is 9.89. The Balaban J connectivity index is 1.28. The number of anilines is 2. The van der Waals surface area contributed by atoms with Crippen LogP contribution < -0.4 is 16.4 Å². The summed E-state index contributed by atoms with van der Waals surface area (Å²) in [5.74, 6) is 0.311. The molecule has 186 valence electrons. The number of carbonyl (C=O) groups is 2. The summed E-state index contributed by atoms with van der Waals surface area (Å²) >= 11 is 1.54. The topological polar surface area (TPSA) is 111 Å². The standard InChI is InChI=1S/C26H33N5O3S/c1-16(19-7-5-4-6-8-19)13-23(32)30-25-24(27)20-10-9-18(14-22(20)35-25)15-34-26(33)29-17(2)21-11-12-28-31(21)3/h4-8,11-12,16-18H,9-10,13-15,27H2,1-3H3,(H,29,33)(H,30,32). The molecule has 2 aromatic heterocycles. The molecule has 35 heavy (non-hydrogen) atoms. The minimum Gasteiger partial charge on any atom is -0.449 e. The SMILES string of the molecule is CC(CC(=O)Nc1sc2c(c1N)CCC(COC(=O)NC(C)c1ccnn1C)C2)c1ccccc1. The molecule has 3 atom stereocenters. The first-order chi connectivity index (χ1) is 16.8. The Bertz CT molecular complexity index is 1170. The maximum Gasteiger partial charge on any atom is 0.407 e. The van der Waals surface area contributed by atoms with E-state index in [0.717, 1.165) is 46.0 Å². The van der Waals surface area contributed by atoms with Crippen LogP contribution in [0, 0.1) is 5.92 Å². The predicted octanol–water partition coefficient (Wildman–Crippen LogP) is 4.79. The molecule has 0 saturated heterocycles. The zero-order chi connectivity index (χ0) is 24.9. The monoisotopic (exact) mass is 495 g/mol. The van der Waals surface area contributed by atoms with Crippen molar-refractivity contribution in [2.45, 2.75) is 51.5 Å². The first kappa shape index (κ1) is 24.8. The summed E-state index contributed by atoms with van der Waals surface area (Å²) in [5.41, 5.74) is 10.2. The number of aryl methyl sites for hydroxylation is 1. The minimum atomic E-state index is -0.435. The summed E-state index contributed by atoms with van der Waals surface area (Å²) in [6, 6.07) is 11.7. The van der Waals surface area contributed by atoms with Gasteiger partial charge in [-0.3, -0.25) is 9.48 Å². The van der Waals surface area contributed by atoms with Crippen LogP contribution in [0.5, 0.6) is 0 Å². The predicted molar refractivity (Wildman–Crippen MR) is 138 cm³/mol. The van der Waals surface area contributed by atoms with Crippen LogP contribution in [-0.4, -0.2) is 28.4 Å². The van der Waals surface area contributed by atoms with Crippen LogP contribution in [0.25, 0.3) is 0 Å². The molecule has 3 aromatic rings. The number of thiophene rings is 1. The van der Waals surface area contributed by atoms with Gasteiger partial charge in [0, 0.05) is 24.5 Å². The summed E-state index contributed by atoms with van der Waals surface area (Å²) in [6.45, 7) is 4.30. The van der Waals surface area contributed by atoms with E-state index in [4.69, 9.17) is 10.5 Å². The number of nitrogen functional groups attached to an aromatic ring is 1. The first-order valence-corrected chi connectivity index (χ1v) is 12.8. The van der Waals surface area contributed by atoms with Gasteiger partial charge in [-0.05, 0) is 55.2 Å². The van der Waals surface area contributed by atoms with E-state index in [1.54, 1.807) is 10.9 Å². The number of nitrogens with one attached hydrogen (secondary N) is 2. The molecule has 2 amide bonds. The summed E-state index contributed by atoms with van der Waals surface area (Å²) in [7, 11) is 1.84. The first-order valence-electron chi connectivity index (χ1n) is 12.0. The van der Waals surface area contributed by atoms with Crippen LogP contribution in [0.3, 0.4) is 0 Å². The highest BCUT2D eigenvalue weighted by Gasteiger charge is 2.27. The Labute approximate surface area is 209 Å². The van der Waals surface area contributed by atoms with Crippen molar-refractivity contribution in [1.82, 2.24) is 15.1 Å². The number of hydrogen-bond acceptors (Lipinski definition) is 6. The Morgan fingerprint density at radius 3 is 2.74 bits per heavy atom. The van der Waals surface area contributed by atoms with Gasteiger partial charge in [-0.25, -0.2) is 4.79 Å². The van der Waals surface area contributed by atoms with E-state index in [2.05, 4.69) is 22.7 Å². The van der Waals surface area contributed by atoms with Crippen molar-refractivity contribution >= 4 is 34.0 Å². The summed E-state index contributed by atoms with van der Waals surface area (Å²) in [6.07, 6.45) is 4.15. The van der Waals surface area contributed by atoms with Gasteiger partial charge in [0.05, 0.1) is 24.0 Å². The van der Waals surface area contributed by atoms with E-state index in [1.165, 1.54) is 11.3 Å². The van der Waals surface area contributed by atoms with Gasteiger partial charge in [0.25, 0.3) is 0 Å². The maximum absolute atomic E-state index is 12.7. The Morgan fingerprint density at radius 2 is 2.03 bits per heavy atom. The average molecular weight is 496 g/mol. The van der Waals surface area contributed by atoms with Crippen molar-refractivity contribution in [3.63, 3.8) is 0 Å². The number of alkyl carbamates (subject to hydrolysis) is 1. The molecule has 1 aromatic carbocycles. The fraction of sp³-hybridized carbons (Fsp3) is 0.423. The fourth-order valence-corrected chi connectivity index (χ4v) is 5.86. The van der Waals surface area contributed by atoms with E-state index in [0.29, 0.717) is 18.7 Å². The van der Waals surface area contributed by atoms with Crippen LogP contribution >= 0.6 is 11.3 Å². The lowest BCUT2D eigenvalue weighted by Gasteiger charge is -2.22. The fourth-order valence-electron chi connectivity index (χ4n) is 4.56. The molecule has 0 spiro atoms. The van der Waals surface area contributed by atoms with Gasteiger partial charge in [0.1, 0.15) is 5.00 Å². The average Bonchev–Trinajstić information content (AvgIpc) is 3.40. The smallest absolute Gasteiger partial charge is 0.407 e. The second kappa shape index (κ2) is 10.9. The molecule has 0 bridgehead atoms. The molecular weight excluding hydrogens is 462 g/mol. The molecule has 3 unspecified atom stereocenters. The second-order valence-corrected chi connectivity index (χ2v) is 10.4. The highest BCUT2D eigenvalue weighted by Crippen LogP contribution is 2.41. The number of benzene rings is 1. The molecule has 0 aliphatic heterocycles. The number of hydrogen-bond donors (Lipinski definition) is 3. The van der Waals surface area contributed by atoms with Gasteiger partial charge in [-0.15, -0.1) is 11.3 Å². The number of amides is 2. The van der Waals surface area contributed by atoms with Gasteiger partial charge in [-0.1, -0.05) is 37.3 Å². The maximum atomic E-state index is 12.7. The largest absolute Gasteiger partial charge is 0.449 e. The molecule has 8 nitrogen and oxygen atoms in total. The van der Waals surface area contributed by atoms with E-state index < -0.39 is 6.09 Å². The van der Waals surface area contributed by atoms with Crippen LogP contribution in [0.1, 0.15) is 60.3 Å². The molecule has 9 heteroatoms.